The summed E-state index contributed by atoms with van der Waals surface area (Å²) >= 11 is 0. The first-order valence-corrected chi connectivity index (χ1v) is 7.01. The van der Waals surface area contributed by atoms with Crippen LogP contribution in [0.5, 0.6) is 0 Å². The third-order valence-corrected chi connectivity index (χ3v) is 3.59. The summed E-state index contributed by atoms with van der Waals surface area (Å²) in [6.07, 6.45) is 1.78. The van der Waals surface area contributed by atoms with Gasteiger partial charge in [0.25, 0.3) is 5.91 Å². The molecule has 6 heteroatoms. The highest BCUT2D eigenvalue weighted by atomic mass is 16.4. The average molecular weight is 290 g/mol. The van der Waals surface area contributed by atoms with Crippen molar-refractivity contribution in [3.05, 3.63) is 34.8 Å². The highest BCUT2D eigenvalue weighted by Gasteiger charge is 2.22. The fourth-order valence-electron chi connectivity index (χ4n) is 2.06. The molecular formula is C15H22N4O2. The smallest absolute Gasteiger partial charge is 0.291 e. The second kappa shape index (κ2) is 5.71. The molecule has 0 aliphatic carbocycles. The number of hydrogen-bond acceptors (Lipinski definition) is 4. The van der Waals surface area contributed by atoms with Crippen molar-refractivity contribution in [2.45, 2.75) is 40.2 Å². The van der Waals surface area contributed by atoms with Crippen LogP contribution in [-0.4, -0.2) is 32.6 Å². The minimum Gasteiger partial charge on any atom is -0.435 e. The minimum absolute atomic E-state index is 0.157. The lowest BCUT2D eigenvalue weighted by Gasteiger charge is -2.15. The van der Waals surface area contributed by atoms with Crippen molar-refractivity contribution >= 4 is 5.91 Å². The van der Waals surface area contributed by atoms with Crippen molar-refractivity contribution in [2.75, 3.05) is 7.05 Å². The molecule has 0 aromatic carbocycles. The van der Waals surface area contributed by atoms with Crippen LogP contribution in [-0.2, 0) is 13.6 Å². The van der Waals surface area contributed by atoms with Crippen LogP contribution in [0.3, 0.4) is 0 Å². The maximum Gasteiger partial charge on any atom is 0.291 e. The van der Waals surface area contributed by atoms with Gasteiger partial charge >= 0.3 is 0 Å². The summed E-state index contributed by atoms with van der Waals surface area (Å²) in [6, 6.07) is 0. The second-order valence-electron chi connectivity index (χ2n) is 5.66. The number of nitrogens with zero attached hydrogens (tertiary/aromatic N) is 4. The largest absolute Gasteiger partial charge is 0.435 e. The van der Waals surface area contributed by atoms with Crippen molar-refractivity contribution in [1.82, 2.24) is 19.7 Å². The molecule has 2 rings (SSSR count). The van der Waals surface area contributed by atoms with Crippen LogP contribution < -0.4 is 0 Å². The van der Waals surface area contributed by atoms with Gasteiger partial charge in [0, 0.05) is 37.8 Å². The molecule has 0 fully saturated rings. The van der Waals surface area contributed by atoms with Crippen molar-refractivity contribution in [3.63, 3.8) is 0 Å². The molecule has 1 amide bonds. The first-order chi connectivity index (χ1) is 9.81. The van der Waals surface area contributed by atoms with E-state index in [1.165, 1.54) is 0 Å². The van der Waals surface area contributed by atoms with Gasteiger partial charge in [0.1, 0.15) is 0 Å². The molecule has 0 aliphatic rings. The number of aryl methyl sites for hydroxylation is 2. The molecule has 2 heterocycles. The highest BCUT2D eigenvalue weighted by Crippen LogP contribution is 2.20. The quantitative estimate of drug-likeness (QED) is 0.867. The molecule has 21 heavy (non-hydrogen) atoms. The predicted octanol–water partition coefficient (Wildman–Crippen LogP) is 2.42. The van der Waals surface area contributed by atoms with E-state index in [0.717, 1.165) is 11.3 Å². The summed E-state index contributed by atoms with van der Waals surface area (Å²) in [4.78, 5) is 18.4. The van der Waals surface area contributed by atoms with E-state index in [0.29, 0.717) is 23.9 Å². The Morgan fingerprint density at radius 1 is 1.43 bits per heavy atom. The van der Waals surface area contributed by atoms with Crippen molar-refractivity contribution in [1.29, 1.82) is 0 Å². The van der Waals surface area contributed by atoms with E-state index in [1.54, 1.807) is 29.7 Å². The summed E-state index contributed by atoms with van der Waals surface area (Å²) in [7, 11) is 3.64. The fourth-order valence-corrected chi connectivity index (χ4v) is 2.06. The summed E-state index contributed by atoms with van der Waals surface area (Å²) in [5.74, 6) is 0.927. The monoisotopic (exact) mass is 290 g/mol. The zero-order valence-corrected chi connectivity index (χ0v) is 13.5. The zero-order chi connectivity index (χ0) is 15.7. The Labute approximate surface area is 124 Å². The molecule has 6 nitrogen and oxygen atoms in total. The van der Waals surface area contributed by atoms with Crippen molar-refractivity contribution in [2.24, 2.45) is 7.05 Å². The van der Waals surface area contributed by atoms with Crippen LogP contribution >= 0.6 is 0 Å². The number of amides is 1. The topological polar surface area (TPSA) is 64.2 Å². The zero-order valence-electron chi connectivity index (χ0n) is 13.5. The van der Waals surface area contributed by atoms with E-state index in [9.17, 15) is 4.79 Å². The number of carbonyl (C=O) groups is 1. The molecule has 0 radical (unpaired) electrons. The van der Waals surface area contributed by atoms with E-state index in [-0.39, 0.29) is 11.8 Å². The molecule has 0 saturated carbocycles. The van der Waals surface area contributed by atoms with E-state index in [2.05, 4.69) is 10.1 Å². The molecular weight excluding hydrogens is 268 g/mol. The van der Waals surface area contributed by atoms with Gasteiger partial charge in [-0.1, -0.05) is 13.8 Å². The Kier molecular flexibility index (Phi) is 4.16. The molecule has 0 N–H and O–H groups in total. The van der Waals surface area contributed by atoms with Gasteiger partial charge in [-0.15, -0.1) is 0 Å². The number of hydrogen-bond donors (Lipinski definition) is 0. The molecule has 0 bridgehead atoms. The Hall–Kier alpha value is -2.11. The van der Waals surface area contributed by atoms with Crippen LogP contribution in [0.25, 0.3) is 0 Å². The van der Waals surface area contributed by atoms with Crippen LogP contribution in [0, 0.1) is 13.8 Å². The first kappa shape index (κ1) is 15.3. The van der Waals surface area contributed by atoms with Gasteiger partial charge in [0.15, 0.2) is 5.89 Å². The molecule has 0 saturated heterocycles. The van der Waals surface area contributed by atoms with Crippen molar-refractivity contribution < 1.29 is 9.21 Å². The lowest BCUT2D eigenvalue weighted by Crippen LogP contribution is -2.26. The SMILES string of the molecule is Cc1nc(C(C)C)oc1C(=O)N(C)Cc1cnn(C)c1C. The first-order valence-electron chi connectivity index (χ1n) is 7.01. The van der Waals surface area contributed by atoms with Gasteiger partial charge < -0.3 is 9.32 Å². The highest BCUT2D eigenvalue weighted by molar-refractivity contribution is 5.92. The van der Waals surface area contributed by atoms with Crippen LogP contribution in [0.2, 0.25) is 0 Å². The maximum absolute atomic E-state index is 12.5. The Morgan fingerprint density at radius 2 is 2.10 bits per heavy atom. The van der Waals surface area contributed by atoms with Gasteiger partial charge in [0.05, 0.1) is 11.9 Å². The normalized spacial score (nSPS) is 11.2. The van der Waals surface area contributed by atoms with Crippen molar-refractivity contribution in [3.8, 4) is 0 Å². The van der Waals surface area contributed by atoms with Gasteiger partial charge in [-0.25, -0.2) is 4.98 Å². The van der Waals surface area contributed by atoms with E-state index < -0.39 is 0 Å². The molecule has 0 aliphatic heterocycles. The molecule has 0 spiro atoms. The number of oxazole rings is 1. The van der Waals surface area contributed by atoms with E-state index >= 15 is 0 Å². The summed E-state index contributed by atoms with van der Waals surface area (Å²) in [6.45, 7) is 8.25. The third kappa shape index (κ3) is 2.99. The van der Waals surface area contributed by atoms with Gasteiger partial charge in [0.2, 0.25) is 5.76 Å². The predicted molar refractivity (Wildman–Crippen MR) is 79.1 cm³/mol. The fraction of sp³-hybridized carbons (Fsp3) is 0.533. The van der Waals surface area contributed by atoms with Crippen LogP contribution in [0.1, 0.15) is 53.2 Å². The van der Waals surface area contributed by atoms with Gasteiger partial charge in [-0.3, -0.25) is 9.48 Å². The van der Waals surface area contributed by atoms with Crippen LogP contribution in [0.15, 0.2) is 10.6 Å². The minimum atomic E-state index is -0.157. The third-order valence-electron chi connectivity index (χ3n) is 3.59. The summed E-state index contributed by atoms with van der Waals surface area (Å²) in [5, 5.41) is 4.19. The molecule has 2 aromatic heterocycles. The van der Waals surface area contributed by atoms with Crippen LogP contribution in [0.4, 0.5) is 0 Å². The molecule has 2 aromatic rings. The Morgan fingerprint density at radius 3 is 2.57 bits per heavy atom. The molecule has 114 valence electrons. The van der Waals surface area contributed by atoms with Gasteiger partial charge in [-0.2, -0.15) is 5.10 Å². The Balaban J connectivity index is 2.18. The van der Waals surface area contributed by atoms with E-state index in [4.69, 9.17) is 4.42 Å². The van der Waals surface area contributed by atoms with Gasteiger partial charge in [-0.05, 0) is 13.8 Å². The maximum atomic E-state index is 12.5. The molecule has 0 atom stereocenters. The number of aromatic nitrogens is 3. The summed E-state index contributed by atoms with van der Waals surface area (Å²) in [5.41, 5.74) is 2.71. The molecule has 0 unspecified atom stereocenters. The second-order valence-corrected chi connectivity index (χ2v) is 5.66. The Bertz CT molecular complexity index is 655. The lowest BCUT2D eigenvalue weighted by atomic mass is 10.2. The number of carbonyl (C=O) groups excluding carboxylic acids is 1. The average Bonchev–Trinajstić information content (AvgIpc) is 2.96. The summed E-state index contributed by atoms with van der Waals surface area (Å²) < 4.78 is 7.40. The van der Waals surface area contributed by atoms with E-state index in [1.807, 2.05) is 27.8 Å². The lowest BCUT2D eigenvalue weighted by molar-refractivity contribution is 0.0750. The standard InChI is InChI=1S/C15H22N4O2/c1-9(2)14-17-10(3)13(21-14)15(20)18(5)8-12-7-16-19(6)11(12)4/h7,9H,8H2,1-6H3. The number of rotatable bonds is 4.